The van der Waals surface area contributed by atoms with E-state index in [-0.39, 0.29) is 18.9 Å². The zero-order valence-corrected chi connectivity index (χ0v) is 8.57. The first-order valence-corrected chi connectivity index (χ1v) is 4.79. The highest BCUT2D eigenvalue weighted by atomic mass is 16.6. The van der Waals surface area contributed by atoms with Crippen molar-refractivity contribution in [3.63, 3.8) is 0 Å². The van der Waals surface area contributed by atoms with E-state index in [1.807, 2.05) is 0 Å². The van der Waals surface area contributed by atoms with Crippen molar-refractivity contribution in [2.75, 3.05) is 13.2 Å². The highest BCUT2D eigenvalue weighted by Gasteiger charge is 2.05. The molecule has 1 aromatic rings. The lowest BCUT2D eigenvalue weighted by Crippen LogP contribution is -2.15. The van der Waals surface area contributed by atoms with Crippen molar-refractivity contribution in [3.05, 3.63) is 34.4 Å². The van der Waals surface area contributed by atoms with Crippen LogP contribution in [-0.2, 0) is 0 Å². The van der Waals surface area contributed by atoms with E-state index in [0.29, 0.717) is 12.2 Å². The molecule has 0 aliphatic rings. The fourth-order valence-corrected chi connectivity index (χ4v) is 1.07. The molecular formula is C10H13NO5. The maximum absolute atomic E-state index is 10.4. The van der Waals surface area contributed by atoms with Crippen molar-refractivity contribution in [1.82, 2.24) is 0 Å². The van der Waals surface area contributed by atoms with E-state index in [2.05, 4.69) is 0 Å². The average molecular weight is 227 g/mol. The van der Waals surface area contributed by atoms with Crippen molar-refractivity contribution < 1.29 is 19.9 Å². The minimum absolute atomic E-state index is 0.00254. The van der Waals surface area contributed by atoms with Gasteiger partial charge in [0, 0.05) is 18.6 Å². The molecule has 0 saturated carbocycles. The van der Waals surface area contributed by atoms with Crippen LogP contribution >= 0.6 is 0 Å². The molecule has 0 fully saturated rings. The lowest BCUT2D eigenvalue weighted by molar-refractivity contribution is -0.384. The van der Waals surface area contributed by atoms with Crippen LogP contribution < -0.4 is 4.74 Å². The first-order chi connectivity index (χ1) is 7.63. The Morgan fingerprint density at radius 3 is 2.50 bits per heavy atom. The summed E-state index contributed by atoms with van der Waals surface area (Å²) in [6.45, 7) is -0.0524. The van der Waals surface area contributed by atoms with E-state index in [1.165, 1.54) is 24.3 Å². The summed E-state index contributed by atoms with van der Waals surface area (Å²) in [5.41, 5.74) is 0.00254. The zero-order valence-electron chi connectivity index (χ0n) is 8.57. The van der Waals surface area contributed by atoms with Gasteiger partial charge < -0.3 is 14.9 Å². The predicted octanol–water partition coefficient (Wildman–Crippen LogP) is 0.717. The monoisotopic (exact) mass is 227 g/mol. The Labute approximate surface area is 92.2 Å². The summed E-state index contributed by atoms with van der Waals surface area (Å²) in [6, 6.07) is 5.67. The molecule has 6 nitrogen and oxygen atoms in total. The zero-order chi connectivity index (χ0) is 12.0. The van der Waals surface area contributed by atoms with Crippen molar-refractivity contribution in [1.29, 1.82) is 0 Å². The van der Waals surface area contributed by atoms with E-state index in [0.717, 1.165) is 0 Å². The van der Waals surface area contributed by atoms with Crippen LogP contribution in [0.4, 0.5) is 5.69 Å². The molecular weight excluding hydrogens is 214 g/mol. The van der Waals surface area contributed by atoms with Gasteiger partial charge in [-0.25, -0.2) is 0 Å². The molecule has 0 aliphatic heterocycles. The van der Waals surface area contributed by atoms with Crippen LogP contribution in [0, 0.1) is 10.1 Å². The van der Waals surface area contributed by atoms with Gasteiger partial charge in [0.05, 0.1) is 24.2 Å². The molecule has 0 amide bonds. The molecule has 88 valence electrons. The number of aliphatic hydroxyl groups is 2. The maximum Gasteiger partial charge on any atom is 0.269 e. The standard InChI is InChI=1S/C10H13NO5/c12-7-9(13)5-6-16-10-3-1-8(2-4-10)11(14)15/h1-4,9,12-13H,5-7H2/t9-/m0/s1. The molecule has 16 heavy (non-hydrogen) atoms. The Balaban J connectivity index is 2.40. The van der Waals surface area contributed by atoms with Crippen LogP contribution in [0.2, 0.25) is 0 Å². The second-order valence-corrected chi connectivity index (χ2v) is 3.22. The normalized spacial score (nSPS) is 12.1. The summed E-state index contributed by atoms with van der Waals surface area (Å²) < 4.78 is 5.22. The van der Waals surface area contributed by atoms with Crippen LogP contribution in [-0.4, -0.2) is 34.5 Å². The summed E-state index contributed by atoms with van der Waals surface area (Å²) >= 11 is 0. The number of aliphatic hydroxyl groups excluding tert-OH is 2. The highest BCUT2D eigenvalue weighted by Crippen LogP contribution is 2.17. The van der Waals surface area contributed by atoms with E-state index in [9.17, 15) is 10.1 Å². The Hall–Kier alpha value is -1.66. The summed E-state index contributed by atoms with van der Waals surface area (Å²) in [6.07, 6.45) is -0.480. The predicted molar refractivity (Wildman–Crippen MR) is 56.3 cm³/mol. The topological polar surface area (TPSA) is 92.8 Å². The number of nitro groups is 1. The largest absolute Gasteiger partial charge is 0.493 e. The van der Waals surface area contributed by atoms with E-state index in [4.69, 9.17) is 14.9 Å². The summed E-state index contributed by atoms with van der Waals surface area (Å²) in [5.74, 6) is 0.496. The number of ether oxygens (including phenoxy) is 1. The lowest BCUT2D eigenvalue weighted by Gasteiger charge is -2.08. The van der Waals surface area contributed by atoms with Gasteiger partial charge in [0.25, 0.3) is 5.69 Å². The second-order valence-electron chi connectivity index (χ2n) is 3.22. The lowest BCUT2D eigenvalue weighted by atomic mass is 10.3. The SMILES string of the molecule is O=[N+]([O-])c1ccc(OCC[C@H](O)CO)cc1. The second kappa shape index (κ2) is 6.04. The van der Waals surface area contributed by atoms with Crippen LogP contribution in [0.3, 0.4) is 0 Å². The molecule has 2 N–H and O–H groups in total. The van der Waals surface area contributed by atoms with Crippen molar-refractivity contribution >= 4 is 5.69 Å². The van der Waals surface area contributed by atoms with Gasteiger partial charge >= 0.3 is 0 Å². The molecule has 0 aromatic heterocycles. The molecule has 0 aliphatic carbocycles. The summed E-state index contributed by atoms with van der Waals surface area (Å²) in [5, 5.41) is 27.9. The minimum Gasteiger partial charge on any atom is -0.493 e. The van der Waals surface area contributed by atoms with Gasteiger partial charge in [-0.1, -0.05) is 0 Å². The van der Waals surface area contributed by atoms with Crippen LogP contribution in [0.25, 0.3) is 0 Å². The Morgan fingerprint density at radius 1 is 1.38 bits per heavy atom. The van der Waals surface area contributed by atoms with Crippen LogP contribution in [0.1, 0.15) is 6.42 Å². The third-order valence-electron chi connectivity index (χ3n) is 1.98. The minimum atomic E-state index is -0.793. The molecule has 0 unspecified atom stereocenters. The number of benzene rings is 1. The first-order valence-electron chi connectivity index (χ1n) is 4.79. The van der Waals surface area contributed by atoms with E-state index >= 15 is 0 Å². The molecule has 6 heteroatoms. The molecule has 0 heterocycles. The summed E-state index contributed by atoms with van der Waals surface area (Å²) in [4.78, 5) is 9.87. The van der Waals surface area contributed by atoms with Gasteiger partial charge in [-0.2, -0.15) is 0 Å². The first kappa shape index (κ1) is 12.4. The van der Waals surface area contributed by atoms with E-state index < -0.39 is 11.0 Å². The van der Waals surface area contributed by atoms with E-state index in [1.54, 1.807) is 0 Å². The Bertz CT molecular complexity index is 338. The molecule has 1 aromatic carbocycles. The number of non-ortho nitro benzene ring substituents is 1. The third kappa shape index (κ3) is 3.84. The number of hydrogen-bond acceptors (Lipinski definition) is 5. The molecule has 0 radical (unpaired) electrons. The third-order valence-corrected chi connectivity index (χ3v) is 1.98. The quantitative estimate of drug-likeness (QED) is 0.551. The Kier molecular flexibility index (Phi) is 4.68. The molecule has 0 bridgehead atoms. The van der Waals surface area contributed by atoms with Crippen molar-refractivity contribution in [2.45, 2.75) is 12.5 Å². The highest BCUT2D eigenvalue weighted by molar-refractivity contribution is 5.35. The van der Waals surface area contributed by atoms with Gasteiger partial charge in [0.2, 0.25) is 0 Å². The Morgan fingerprint density at radius 2 is 2.00 bits per heavy atom. The fourth-order valence-electron chi connectivity index (χ4n) is 1.07. The van der Waals surface area contributed by atoms with Crippen molar-refractivity contribution in [3.8, 4) is 5.75 Å². The van der Waals surface area contributed by atoms with Gasteiger partial charge in [-0.15, -0.1) is 0 Å². The molecule has 0 saturated heterocycles. The van der Waals surface area contributed by atoms with Crippen LogP contribution in [0.5, 0.6) is 5.75 Å². The van der Waals surface area contributed by atoms with Gasteiger partial charge in [0.15, 0.2) is 0 Å². The number of nitrogens with zero attached hydrogens (tertiary/aromatic N) is 1. The maximum atomic E-state index is 10.4. The molecule has 1 atom stereocenters. The number of hydrogen-bond donors (Lipinski definition) is 2. The molecule has 1 rings (SSSR count). The number of nitro benzene ring substituents is 1. The molecule has 0 spiro atoms. The average Bonchev–Trinajstić information content (AvgIpc) is 2.29. The van der Waals surface area contributed by atoms with Gasteiger partial charge in [0.1, 0.15) is 5.75 Å². The fraction of sp³-hybridized carbons (Fsp3) is 0.400. The summed E-state index contributed by atoms with van der Waals surface area (Å²) in [7, 11) is 0. The van der Waals surface area contributed by atoms with Gasteiger partial charge in [-0.05, 0) is 12.1 Å². The number of rotatable bonds is 6. The van der Waals surface area contributed by atoms with Crippen LogP contribution in [0.15, 0.2) is 24.3 Å². The van der Waals surface area contributed by atoms with Gasteiger partial charge in [-0.3, -0.25) is 10.1 Å². The van der Waals surface area contributed by atoms with Crippen molar-refractivity contribution in [2.24, 2.45) is 0 Å². The smallest absolute Gasteiger partial charge is 0.269 e.